The van der Waals surface area contributed by atoms with Crippen molar-refractivity contribution in [3.05, 3.63) is 41.3 Å². The number of nitrogens with one attached hydrogen (secondary N) is 2. The van der Waals surface area contributed by atoms with Gasteiger partial charge in [0, 0.05) is 29.9 Å². The van der Waals surface area contributed by atoms with Crippen molar-refractivity contribution in [3.63, 3.8) is 0 Å². The molecule has 28 heavy (non-hydrogen) atoms. The first kappa shape index (κ1) is 18.7. The molecule has 1 amide bonds. The van der Waals surface area contributed by atoms with Crippen molar-refractivity contribution in [1.29, 1.82) is 0 Å². The molecule has 1 aliphatic rings. The molecule has 0 saturated heterocycles. The Kier molecular flexibility index (Phi) is 5.17. The van der Waals surface area contributed by atoms with E-state index in [-0.39, 0.29) is 11.8 Å². The molecule has 0 spiro atoms. The lowest BCUT2D eigenvalue weighted by Gasteiger charge is -2.11. The molecule has 3 aromatic rings. The van der Waals surface area contributed by atoms with Crippen molar-refractivity contribution in [2.75, 3.05) is 18.4 Å². The number of amides is 1. The van der Waals surface area contributed by atoms with Crippen molar-refractivity contribution in [2.45, 2.75) is 32.6 Å². The fourth-order valence-corrected chi connectivity index (χ4v) is 3.14. The average Bonchev–Trinajstić information content (AvgIpc) is 3.44. The van der Waals surface area contributed by atoms with Gasteiger partial charge in [0.05, 0.1) is 17.3 Å². The van der Waals surface area contributed by atoms with Crippen LogP contribution in [0.3, 0.4) is 0 Å². The van der Waals surface area contributed by atoms with E-state index in [0.717, 1.165) is 41.2 Å². The Morgan fingerprint density at radius 2 is 2.11 bits per heavy atom. The largest absolute Gasteiger partial charge is 0.368 e. The molecule has 7 nitrogen and oxygen atoms in total. The highest BCUT2D eigenvalue weighted by molar-refractivity contribution is 6.30. The minimum atomic E-state index is -0.0249. The van der Waals surface area contributed by atoms with E-state index in [4.69, 9.17) is 21.6 Å². The smallest absolute Gasteiger partial charge is 0.222 e. The van der Waals surface area contributed by atoms with Crippen LogP contribution in [0.25, 0.3) is 16.7 Å². The van der Waals surface area contributed by atoms with Gasteiger partial charge in [0.1, 0.15) is 11.6 Å². The highest BCUT2D eigenvalue weighted by Gasteiger charge is 2.28. The molecule has 2 heterocycles. The van der Waals surface area contributed by atoms with Crippen LogP contribution in [0.2, 0.25) is 5.02 Å². The van der Waals surface area contributed by atoms with Crippen molar-refractivity contribution < 1.29 is 4.79 Å². The molecule has 4 rings (SSSR count). The quantitative estimate of drug-likeness (QED) is 0.595. The van der Waals surface area contributed by atoms with Crippen LogP contribution in [0.1, 0.15) is 38.4 Å². The van der Waals surface area contributed by atoms with Crippen LogP contribution in [-0.4, -0.2) is 38.7 Å². The number of halogens is 1. The summed E-state index contributed by atoms with van der Waals surface area (Å²) in [5, 5.41) is 12.3. The standard InChI is InChI=1S/C20H23ClN6O/c1-12(2)20(28)23-9-8-22-18-16-11-24-27(15-5-3-4-14(21)10-15)19(16)26-17(25-18)13-6-7-13/h3-5,10-13H,6-9H2,1-2H3,(H,23,28)(H,22,25,26). The summed E-state index contributed by atoms with van der Waals surface area (Å²) in [4.78, 5) is 21.2. The lowest BCUT2D eigenvalue weighted by molar-refractivity contribution is -0.123. The van der Waals surface area contributed by atoms with Crippen LogP contribution in [0.5, 0.6) is 0 Å². The Morgan fingerprint density at radius 3 is 2.82 bits per heavy atom. The normalized spacial score (nSPS) is 13.9. The molecule has 146 valence electrons. The summed E-state index contributed by atoms with van der Waals surface area (Å²) in [7, 11) is 0. The zero-order valence-corrected chi connectivity index (χ0v) is 16.7. The van der Waals surface area contributed by atoms with Gasteiger partial charge in [-0.2, -0.15) is 5.10 Å². The first-order valence-corrected chi connectivity index (χ1v) is 9.94. The Hall–Kier alpha value is -2.67. The molecule has 0 radical (unpaired) electrons. The molecule has 0 bridgehead atoms. The number of hydrogen-bond donors (Lipinski definition) is 2. The molecule has 0 aliphatic heterocycles. The van der Waals surface area contributed by atoms with Crippen LogP contribution in [-0.2, 0) is 4.79 Å². The van der Waals surface area contributed by atoms with Gasteiger partial charge in [-0.1, -0.05) is 31.5 Å². The molecule has 0 unspecified atom stereocenters. The third-order valence-corrected chi connectivity index (χ3v) is 4.92. The van der Waals surface area contributed by atoms with Crippen LogP contribution in [0.15, 0.2) is 30.5 Å². The van der Waals surface area contributed by atoms with E-state index in [2.05, 4.69) is 15.7 Å². The Balaban J connectivity index is 1.62. The predicted octanol–water partition coefficient (Wildman–Crippen LogP) is 3.53. The van der Waals surface area contributed by atoms with Gasteiger partial charge >= 0.3 is 0 Å². The molecule has 1 fully saturated rings. The van der Waals surface area contributed by atoms with Crippen molar-refractivity contribution in [3.8, 4) is 5.69 Å². The molecule has 1 aromatic carbocycles. The second-order valence-electron chi connectivity index (χ2n) is 7.35. The number of hydrogen-bond acceptors (Lipinski definition) is 5. The fourth-order valence-electron chi connectivity index (χ4n) is 2.95. The molecule has 1 aliphatic carbocycles. The second kappa shape index (κ2) is 7.75. The predicted molar refractivity (Wildman–Crippen MR) is 110 cm³/mol. The van der Waals surface area contributed by atoms with Gasteiger partial charge in [-0.3, -0.25) is 4.79 Å². The van der Waals surface area contributed by atoms with Crippen LogP contribution < -0.4 is 10.6 Å². The van der Waals surface area contributed by atoms with Gasteiger partial charge in [0.2, 0.25) is 5.91 Å². The van der Waals surface area contributed by atoms with E-state index in [0.29, 0.717) is 24.0 Å². The monoisotopic (exact) mass is 398 g/mol. The van der Waals surface area contributed by atoms with Gasteiger partial charge < -0.3 is 10.6 Å². The number of nitrogens with zero attached hydrogens (tertiary/aromatic N) is 4. The van der Waals surface area contributed by atoms with E-state index >= 15 is 0 Å². The number of aromatic nitrogens is 4. The van der Waals surface area contributed by atoms with Crippen molar-refractivity contribution >= 4 is 34.4 Å². The van der Waals surface area contributed by atoms with Crippen LogP contribution >= 0.6 is 11.6 Å². The summed E-state index contributed by atoms with van der Waals surface area (Å²) in [5.41, 5.74) is 1.62. The topological polar surface area (TPSA) is 84.7 Å². The summed E-state index contributed by atoms with van der Waals surface area (Å²) in [6.45, 7) is 4.87. The van der Waals surface area contributed by atoms with Crippen LogP contribution in [0, 0.1) is 5.92 Å². The zero-order valence-electron chi connectivity index (χ0n) is 15.9. The van der Waals surface area contributed by atoms with Gasteiger partial charge in [-0.15, -0.1) is 0 Å². The molecule has 0 atom stereocenters. The number of carbonyl (C=O) groups excluding carboxylic acids is 1. The van der Waals surface area contributed by atoms with E-state index in [1.807, 2.05) is 38.1 Å². The molecule has 2 N–H and O–H groups in total. The maximum Gasteiger partial charge on any atom is 0.222 e. The summed E-state index contributed by atoms with van der Waals surface area (Å²) in [5.74, 6) is 2.02. The maximum absolute atomic E-state index is 11.7. The molecular formula is C20H23ClN6O. The Labute approximate surface area is 168 Å². The van der Waals surface area contributed by atoms with Crippen molar-refractivity contribution in [1.82, 2.24) is 25.1 Å². The first-order valence-electron chi connectivity index (χ1n) is 9.56. The summed E-state index contributed by atoms with van der Waals surface area (Å²) in [6.07, 6.45) is 3.99. The lowest BCUT2D eigenvalue weighted by atomic mass is 10.2. The van der Waals surface area contributed by atoms with E-state index in [9.17, 15) is 4.79 Å². The SMILES string of the molecule is CC(C)C(=O)NCCNc1nc(C2CC2)nc2c1cnn2-c1cccc(Cl)c1. The average molecular weight is 399 g/mol. The third kappa shape index (κ3) is 3.94. The number of anilines is 1. The van der Waals surface area contributed by atoms with E-state index in [1.165, 1.54) is 0 Å². The number of carbonyl (C=O) groups is 1. The lowest BCUT2D eigenvalue weighted by Crippen LogP contribution is -2.32. The molecular weight excluding hydrogens is 376 g/mol. The summed E-state index contributed by atoms with van der Waals surface area (Å²) in [6, 6.07) is 7.54. The second-order valence-corrected chi connectivity index (χ2v) is 7.79. The van der Waals surface area contributed by atoms with E-state index in [1.54, 1.807) is 10.9 Å². The molecule has 1 saturated carbocycles. The van der Waals surface area contributed by atoms with Crippen molar-refractivity contribution in [2.24, 2.45) is 5.92 Å². The summed E-state index contributed by atoms with van der Waals surface area (Å²) >= 11 is 6.15. The summed E-state index contributed by atoms with van der Waals surface area (Å²) < 4.78 is 1.79. The number of rotatable bonds is 7. The number of fused-ring (bicyclic) bond motifs is 1. The van der Waals surface area contributed by atoms with Gasteiger partial charge in [0.25, 0.3) is 0 Å². The van der Waals surface area contributed by atoms with E-state index < -0.39 is 0 Å². The Bertz CT molecular complexity index is 1010. The molecule has 2 aromatic heterocycles. The minimum absolute atomic E-state index is 0.0249. The van der Waals surface area contributed by atoms with Gasteiger partial charge in [-0.25, -0.2) is 14.6 Å². The number of benzene rings is 1. The van der Waals surface area contributed by atoms with Crippen LogP contribution in [0.4, 0.5) is 5.82 Å². The highest BCUT2D eigenvalue weighted by atomic mass is 35.5. The Morgan fingerprint density at radius 1 is 1.29 bits per heavy atom. The zero-order chi connectivity index (χ0) is 19.7. The maximum atomic E-state index is 11.7. The minimum Gasteiger partial charge on any atom is -0.368 e. The third-order valence-electron chi connectivity index (χ3n) is 4.68. The van der Waals surface area contributed by atoms with Gasteiger partial charge in [0.15, 0.2) is 5.65 Å². The van der Waals surface area contributed by atoms with Gasteiger partial charge in [-0.05, 0) is 31.0 Å². The fraction of sp³-hybridized carbons (Fsp3) is 0.400. The molecule has 8 heteroatoms. The first-order chi connectivity index (χ1) is 13.5. The highest BCUT2D eigenvalue weighted by Crippen LogP contribution is 2.39.